The summed E-state index contributed by atoms with van der Waals surface area (Å²) >= 11 is 12.3. The van der Waals surface area contributed by atoms with Gasteiger partial charge in [-0.3, -0.25) is 14.5 Å². The van der Waals surface area contributed by atoms with Gasteiger partial charge < -0.3 is 9.80 Å². The molecule has 9 heteroatoms. The number of hydrogen-bond donors (Lipinski definition) is 0. The van der Waals surface area contributed by atoms with E-state index in [0.717, 1.165) is 17.7 Å². The van der Waals surface area contributed by atoms with Crippen LogP contribution in [0.2, 0.25) is 10.0 Å². The van der Waals surface area contributed by atoms with Crippen molar-refractivity contribution in [2.75, 3.05) is 31.1 Å². The van der Waals surface area contributed by atoms with E-state index in [2.05, 4.69) is 4.90 Å². The first-order valence-electron chi connectivity index (χ1n) is 12.0. The second-order valence-electron chi connectivity index (χ2n) is 9.07. The van der Waals surface area contributed by atoms with Crippen molar-refractivity contribution in [1.82, 2.24) is 9.80 Å². The molecule has 0 saturated carbocycles. The molecule has 0 atom stereocenters. The Balaban J connectivity index is 1.73. The van der Waals surface area contributed by atoms with Gasteiger partial charge in [-0.15, -0.1) is 0 Å². The number of fused-ring (bicyclic) bond motifs is 1. The molecule has 0 aromatic heterocycles. The minimum absolute atomic E-state index is 0.0293. The molecule has 0 aliphatic carbocycles. The van der Waals surface area contributed by atoms with Gasteiger partial charge in [0.2, 0.25) is 5.91 Å². The maximum absolute atomic E-state index is 14.4. The maximum atomic E-state index is 14.4. The van der Waals surface area contributed by atoms with E-state index in [4.69, 9.17) is 23.2 Å². The Kier molecular flexibility index (Phi) is 8.79. The third kappa shape index (κ3) is 6.86. The highest BCUT2D eigenvalue weighted by Gasteiger charge is 2.25. The Morgan fingerprint density at radius 2 is 1.54 bits per heavy atom. The topological polar surface area (TPSA) is 43.9 Å². The summed E-state index contributed by atoms with van der Waals surface area (Å²) in [7, 11) is 0. The van der Waals surface area contributed by atoms with E-state index in [0.29, 0.717) is 54.8 Å². The quantitative estimate of drug-likeness (QED) is 0.395. The van der Waals surface area contributed by atoms with Crippen LogP contribution in [0, 0.1) is 11.6 Å². The molecule has 0 unspecified atom stereocenters. The normalized spacial score (nSPS) is 15.2. The molecule has 5 nitrogen and oxygen atoms in total. The van der Waals surface area contributed by atoms with Crippen molar-refractivity contribution in [2.45, 2.75) is 26.4 Å². The largest absolute Gasteiger partial charge is 0.333 e. The highest BCUT2D eigenvalue weighted by molar-refractivity contribution is 6.35. The van der Waals surface area contributed by atoms with Crippen LogP contribution in [-0.2, 0) is 17.9 Å². The van der Waals surface area contributed by atoms with E-state index in [1.165, 1.54) is 30.0 Å². The molecule has 194 valence electrons. The minimum atomic E-state index is -1.05. The summed E-state index contributed by atoms with van der Waals surface area (Å²) < 4.78 is 28.7. The smallest absolute Gasteiger partial charge is 0.254 e. The molecule has 0 fully saturated rings. The lowest BCUT2D eigenvalue weighted by Crippen LogP contribution is -2.38. The van der Waals surface area contributed by atoms with E-state index in [-0.39, 0.29) is 29.6 Å². The number of anilines is 1. The minimum Gasteiger partial charge on any atom is -0.333 e. The lowest BCUT2D eigenvalue weighted by atomic mass is 10.1. The van der Waals surface area contributed by atoms with E-state index >= 15 is 0 Å². The predicted molar refractivity (Wildman–Crippen MR) is 142 cm³/mol. The van der Waals surface area contributed by atoms with Crippen LogP contribution in [0.5, 0.6) is 0 Å². The average Bonchev–Trinajstić information content (AvgIpc) is 2.88. The summed E-state index contributed by atoms with van der Waals surface area (Å²) in [6.07, 6.45) is 0.614. The number of benzene rings is 3. The fourth-order valence-electron chi connectivity index (χ4n) is 4.55. The molecule has 3 aromatic rings. The molecular formula is C28H27Cl2F2N3O2. The molecule has 4 rings (SSSR count). The Labute approximate surface area is 225 Å². The molecule has 1 heterocycles. The van der Waals surface area contributed by atoms with Crippen LogP contribution < -0.4 is 4.90 Å². The maximum Gasteiger partial charge on any atom is 0.254 e. The first-order valence-corrected chi connectivity index (χ1v) is 12.7. The monoisotopic (exact) mass is 545 g/mol. The zero-order chi connectivity index (χ0) is 26.5. The van der Waals surface area contributed by atoms with Gasteiger partial charge in [0.1, 0.15) is 0 Å². The number of rotatable bonds is 3. The zero-order valence-corrected chi connectivity index (χ0v) is 21.9. The van der Waals surface area contributed by atoms with Gasteiger partial charge in [0.15, 0.2) is 11.6 Å². The molecule has 0 bridgehead atoms. The first kappa shape index (κ1) is 27.0. The highest BCUT2D eigenvalue weighted by Crippen LogP contribution is 2.28. The molecule has 1 aliphatic heterocycles. The Hall–Kier alpha value is -3.00. The van der Waals surface area contributed by atoms with Crippen molar-refractivity contribution in [3.63, 3.8) is 0 Å². The molecular weight excluding hydrogens is 519 g/mol. The van der Waals surface area contributed by atoms with Gasteiger partial charge in [-0.25, -0.2) is 8.78 Å². The summed E-state index contributed by atoms with van der Waals surface area (Å²) in [6, 6.07) is 16.6. The summed E-state index contributed by atoms with van der Waals surface area (Å²) in [5.74, 6) is -2.74. The van der Waals surface area contributed by atoms with Crippen LogP contribution in [0.4, 0.5) is 14.5 Å². The Morgan fingerprint density at radius 3 is 2.22 bits per heavy atom. The van der Waals surface area contributed by atoms with E-state index in [1.54, 1.807) is 4.90 Å². The predicted octanol–water partition coefficient (Wildman–Crippen LogP) is 6.17. The van der Waals surface area contributed by atoms with Crippen molar-refractivity contribution < 1.29 is 18.4 Å². The van der Waals surface area contributed by atoms with Crippen molar-refractivity contribution >= 4 is 40.7 Å². The van der Waals surface area contributed by atoms with Gasteiger partial charge in [0, 0.05) is 67.9 Å². The molecule has 37 heavy (non-hydrogen) atoms. The van der Waals surface area contributed by atoms with Gasteiger partial charge >= 0.3 is 0 Å². The van der Waals surface area contributed by atoms with Crippen molar-refractivity contribution in [1.29, 1.82) is 0 Å². The summed E-state index contributed by atoms with van der Waals surface area (Å²) in [5, 5.41) is 0.631. The fraction of sp³-hybridized carbons (Fsp3) is 0.286. The summed E-state index contributed by atoms with van der Waals surface area (Å²) in [5.41, 5.74) is 2.00. The Morgan fingerprint density at radius 1 is 0.865 bits per heavy atom. The average molecular weight is 546 g/mol. The number of carbonyl (C=O) groups excluding carboxylic acids is 2. The van der Waals surface area contributed by atoms with E-state index < -0.39 is 11.6 Å². The lowest BCUT2D eigenvalue weighted by molar-refractivity contribution is -0.116. The second kappa shape index (κ2) is 12.0. The zero-order valence-electron chi connectivity index (χ0n) is 20.4. The van der Waals surface area contributed by atoms with Gasteiger partial charge in [0.05, 0.1) is 5.69 Å². The van der Waals surface area contributed by atoms with Crippen LogP contribution in [0.15, 0.2) is 60.7 Å². The third-order valence-corrected chi connectivity index (χ3v) is 6.78. The standard InChI is InChI=1S/C28H27Cl2F2N3O2/c1-19(36)35-9-5-8-33(17-20-6-3-2-4-7-20)10-11-34(18-22-14-25(31)26(32)16-27(22)35)28(37)21-12-23(29)15-24(30)13-21/h2-4,6-7,12-16H,5,8-11,17-18H2,1H3. The van der Waals surface area contributed by atoms with Gasteiger partial charge in [0.25, 0.3) is 5.91 Å². The fourth-order valence-corrected chi connectivity index (χ4v) is 5.07. The third-order valence-electron chi connectivity index (χ3n) is 6.34. The molecule has 1 aliphatic rings. The molecule has 2 amide bonds. The highest BCUT2D eigenvalue weighted by atomic mass is 35.5. The van der Waals surface area contributed by atoms with Crippen LogP contribution in [0.1, 0.15) is 34.8 Å². The van der Waals surface area contributed by atoms with Crippen molar-refractivity contribution in [3.05, 3.63) is 99.0 Å². The van der Waals surface area contributed by atoms with Crippen LogP contribution in [-0.4, -0.2) is 47.8 Å². The first-order chi connectivity index (χ1) is 17.7. The van der Waals surface area contributed by atoms with Crippen molar-refractivity contribution in [3.8, 4) is 0 Å². The second-order valence-corrected chi connectivity index (χ2v) is 9.94. The SMILES string of the molecule is CC(=O)N1CCCN(Cc2ccccc2)CCN(C(=O)c2cc(Cl)cc(Cl)c2)Cc2cc(F)c(F)cc21. The van der Waals surface area contributed by atoms with Crippen molar-refractivity contribution in [2.24, 2.45) is 0 Å². The number of hydrogen-bond acceptors (Lipinski definition) is 3. The van der Waals surface area contributed by atoms with Gasteiger partial charge in [-0.2, -0.15) is 0 Å². The van der Waals surface area contributed by atoms with E-state index in [9.17, 15) is 18.4 Å². The molecule has 0 spiro atoms. The molecule has 0 radical (unpaired) electrons. The lowest BCUT2D eigenvalue weighted by Gasteiger charge is -2.28. The van der Waals surface area contributed by atoms with E-state index in [1.807, 2.05) is 30.3 Å². The molecule has 0 N–H and O–H groups in total. The summed E-state index contributed by atoms with van der Waals surface area (Å²) in [6.45, 7) is 3.84. The van der Waals surface area contributed by atoms with Crippen LogP contribution >= 0.6 is 23.2 Å². The number of carbonyl (C=O) groups is 2. The number of amides is 2. The van der Waals surface area contributed by atoms with Crippen LogP contribution in [0.25, 0.3) is 0 Å². The summed E-state index contributed by atoms with van der Waals surface area (Å²) in [4.78, 5) is 31.4. The number of halogens is 4. The number of nitrogens with zero attached hydrogens (tertiary/aromatic N) is 3. The Bertz CT molecular complexity index is 1270. The van der Waals surface area contributed by atoms with Gasteiger partial charge in [-0.1, -0.05) is 53.5 Å². The van der Waals surface area contributed by atoms with Gasteiger partial charge in [-0.05, 0) is 41.8 Å². The molecule has 3 aromatic carbocycles. The van der Waals surface area contributed by atoms with Crippen LogP contribution in [0.3, 0.4) is 0 Å². The molecule has 0 saturated heterocycles.